The van der Waals surface area contributed by atoms with Gasteiger partial charge in [0.2, 0.25) is 0 Å². The molecule has 0 radical (unpaired) electrons. The van der Waals surface area contributed by atoms with Crippen LogP contribution in [0.3, 0.4) is 0 Å². The SMILES string of the molecule is Cc1ccccc1S(=O)Cc1ccc(N)cc1. The summed E-state index contributed by atoms with van der Waals surface area (Å²) in [5.41, 5.74) is 8.46. The summed E-state index contributed by atoms with van der Waals surface area (Å²) in [6, 6.07) is 15.3. The first-order valence-electron chi connectivity index (χ1n) is 5.45. The van der Waals surface area contributed by atoms with Crippen LogP contribution in [0.15, 0.2) is 53.4 Å². The van der Waals surface area contributed by atoms with Crippen LogP contribution in [-0.2, 0) is 16.6 Å². The van der Waals surface area contributed by atoms with Crippen molar-refractivity contribution in [2.24, 2.45) is 0 Å². The fourth-order valence-electron chi connectivity index (χ4n) is 1.65. The number of benzene rings is 2. The predicted molar refractivity (Wildman–Crippen MR) is 72.1 cm³/mol. The molecule has 0 amide bonds. The van der Waals surface area contributed by atoms with E-state index in [1.807, 2.05) is 55.5 Å². The van der Waals surface area contributed by atoms with Crippen LogP contribution in [0, 0.1) is 6.92 Å². The molecule has 1 unspecified atom stereocenters. The highest BCUT2D eigenvalue weighted by Gasteiger charge is 2.07. The number of anilines is 1. The number of nitrogens with two attached hydrogens (primary N) is 1. The molecule has 2 rings (SSSR count). The van der Waals surface area contributed by atoms with Gasteiger partial charge in [0.15, 0.2) is 0 Å². The van der Waals surface area contributed by atoms with Gasteiger partial charge in [-0.1, -0.05) is 30.3 Å². The predicted octanol–water partition coefficient (Wildman–Crippen LogP) is 2.89. The second kappa shape index (κ2) is 5.15. The van der Waals surface area contributed by atoms with Gasteiger partial charge >= 0.3 is 0 Å². The summed E-state index contributed by atoms with van der Waals surface area (Å²) >= 11 is 0. The molecule has 2 aromatic carbocycles. The average Bonchev–Trinajstić information content (AvgIpc) is 2.32. The molecule has 0 bridgehead atoms. The molecule has 0 saturated carbocycles. The molecular formula is C14H15NOS. The molecule has 3 heteroatoms. The maximum Gasteiger partial charge on any atom is 0.0576 e. The lowest BCUT2D eigenvalue weighted by Crippen LogP contribution is -1.98. The molecule has 0 spiro atoms. The van der Waals surface area contributed by atoms with Crippen LogP contribution in [0.2, 0.25) is 0 Å². The molecule has 0 aliphatic carbocycles. The lowest BCUT2D eigenvalue weighted by Gasteiger charge is -2.06. The molecule has 0 fully saturated rings. The summed E-state index contributed by atoms with van der Waals surface area (Å²) in [5.74, 6) is 0.533. The first-order chi connectivity index (χ1) is 8.16. The van der Waals surface area contributed by atoms with Gasteiger partial charge in [-0.25, -0.2) is 0 Å². The van der Waals surface area contributed by atoms with Gasteiger partial charge in [-0.3, -0.25) is 4.21 Å². The fourth-order valence-corrected chi connectivity index (χ4v) is 2.96. The lowest BCUT2D eigenvalue weighted by atomic mass is 10.2. The standard InChI is InChI=1S/C14H15NOS/c1-11-4-2-3-5-14(11)17(16)10-12-6-8-13(15)9-7-12/h2-9H,10,15H2,1H3. The maximum atomic E-state index is 12.2. The molecule has 2 N–H and O–H groups in total. The Morgan fingerprint density at radius 3 is 2.35 bits per heavy atom. The largest absolute Gasteiger partial charge is 0.399 e. The van der Waals surface area contributed by atoms with E-state index in [1.165, 1.54) is 0 Å². The van der Waals surface area contributed by atoms with E-state index in [-0.39, 0.29) is 0 Å². The van der Waals surface area contributed by atoms with Crippen LogP contribution in [0.5, 0.6) is 0 Å². The van der Waals surface area contributed by atoms with Crippen LogP contribution in [0.1, 0.15) is 11.1 Å². The zero-order chi connectivity index (χ0) is 12.3. The van der Waals surface area contributed by atoms with Gasteiger partial charge in [0, 0.05) is 10.6 Å². The van der Waals surface area contributed by atoms with Crippen molar-refractivity contribution in [3.8, 4) is 0 Å². The Morgan fingerprint density at radius 2 is 1.71 bits per heavy atom. The van der Waals surface area contributed by atoms with Gasteiger partial charge in [-0.05, 0) is 36.2 Å². The van der Waals surface area contributed by atoms with E-state index in [4.69, 9.17) is 5.73 Å². The van der Waals surface area contributed by atoms with Crippen molar-refractivity contribution in [1.29, 1.82) is 0 Å². The Morgan fingerprint density at radius 1 is 1.06 bits per heavy atom. The van der Waals surface area contributed by atoms with E-state index in [9.17, 15) is 4.21 Å². The topological polar surface area (TPSA) is 43.1 Å². The average molecular weight is 245 g/mol. The molecule has 0 heterocycles. The van der Waals surface area contributed by atoms with Crippen LogP contribution < -0.4 is 5.73 Å². The Balaban J connectivity index is 2.17. The van der Waals surface area contributed by atoms with E-state index in [2.05, 4.69) is 0 Å². The van der Waals surface area contributed by atoms with Gasteiger partial charge in [-0.15, -0.1) is 0 Å². The first kappa shape index (κ1) is 11.9. The minimum absolute atomic E-state index is 0.533. The summed E-state index contributed by atoms with van der Waals surface area (Å²) in [6.07, 6.45) is 0. The molecule has 88 valence electrons. The molecule has 0 aromatic heterocycles. The van der Waals surface area contributed by atoms with Gasteiger partial charge in [-0.2, -0.15) is 0 Å². The number of aryl methyl sites for hydroxylation is 1. The van der Waals surface area contributed by atoms with Crippen molar-refractivity contribution in [3.63, 3.8) is 0 Å². The third-order valence-corrected chi connectivity index (χ3v) is 4.16. The molecule has 0 aliphatic rings. The number of hydrogen-bond acceptors (Lipinski definition) is 2. The van der Waals surface area contributed by atoms with Gasteiger partial charge in [0.25, 0.3) is 0 Å². The summed E-state index contributed by atoms with van der Waals surface area (Å²) in [5, 5.41) is 0. The third kappa shape index (κ3) is 2.94. The van der Waals surface area contributed by atoms with Crippen LogP contribution in [0.25, 0.3) is 0 Å². The molecule has 0 aliphatic heterocycles. The number of nitrogen functional groups attached to an aromatic ring is 1. The molecule has 17 heavy (non-hydrogen) atoms. The minimum Gasteiger partial charge on any atom is -0.399 e. The lowest BCUT2D eigenvalue weighted by molar-refractivity contribution is 0.682. The maximum absolute atomic E-state index is 12.2. The van der Waals surface area contributed by atoms with Crippen LogP contribution in [0.4, 0.5) is 5.69 Å². The van der Waals surface area contributed by atoms with Crippen molar-refractivity contribution in [2.75, 3.05) is 5.73 Å². The highest BCUT2D eigenvalue weighted by molar-refractivity contribution is 7.84. The van der Waals surface area contributed by atoms with Crippen LogP contribution >= 0.6 is 0 Å². The second-order valence-electron chi connectivity index (χ2n) is 4.00. The van der Waals surface area contributed by atoms with E-state index >= 15 is 0 Å². The second-order valence-corrected chi connectivity index (χ2v) is 5.42. The number of hydrogen-bond donors (Lipinski definition) is 1. The van der Waals surface area contributed by atoms with Gasteiger partial charge < -0.3 is 5.73 Å². The van der Waals surface area contributed by atoms with E-state index in [0.717, 1.165) is 21.7 Å². The van der Waals surface area contributed by atoms with Crippen molar-refractivity contribution >= 4 is 16.5 Å². The monoisotopic (exact) mass is 245 g/mol. The normalized spacial score (nSPS) is 12.3. The molecule has 1 atom stereocenters. The first-order valence-corrected chi connectivity index (χ1v) is 6.77. The summed E-state index contributed by atoms with van der Waals surface area (Å²) in [4.78, 5) is 0.907. The van der Waals surface area contributed by atoms with E-state index < -0.39 is 10.8 Å². The van der Waals surface area contributed by atoms with E-state index in [0.29, 0.717) is 5.75 Å². The van der Waals surface area contributed by atoms with Crippen molar-refractivity contribution in [3.05, 3.63) is 59.7 Å². The Bertz CT molecular complexity index is 534. The van der Waals surface area contributed by atoms with Gasteiger partial charge in [0.1, 0.15) is 0 Å². The summed E-state index contributed by atoms with van der Waals surface area (Å²) < 4.78 is 12.2. The zero-order valence-corrected chi connectivity index (χ0v) is 10.5. The molecule has 2 nitrogen and oxygen atoms in total. The van der Waals surface area contributed by atoms with Crippen LogP contribution in [-0.4, -0.2) is 4.21 Å². The molecule has 0 saturated heterocycles. The highest BCUT2D eigenvalue weighted by Crippen LogP contribution is 2.16. The quantitative estimate of drug-likeness (QED) is 0.845. The van der Waals surface area contributed by atoms with E-state index in [1.54, 1.807) is 0 Å². The minimum atomic E-state index is -0.993. The van der Waals surface area contributed by atoms with Crippen molar-refractivity contribution < 1.29 is 4.21 Å². The van der Waals surface area contributed by atoms with Gasteiger partial charge in [0.05, 0.1) is 16.6 Å². The summed E-state index contributed by atoms with van der Waals surface area (Å²) in [6.45, 7) is 1.98. The molecule has 2 aromatic rings. The fraction of sp³-hybridized carbons (Fsp3) is 0.143. The third-order valence-electron chi connectivity index (χ3n) is 2.62. The van der Waals surface area contributed by atoms with Crippen molar-refractivity contribution in [2.45, 2.75) is 17.6 Å². The van der Waals surface area contributed by atoms with Crippen molar-refractivity contribution in [1.82, 2.24) is 0 Å². The number of rotatable bonds is 3. The Kier molecular flexibility index (Phi) is 3.59. The zero-order valence-electron chi connectivity index (χ0n) is 9.72. The Hall–Kier alpha value is -1.61. The smallest absolute Gasteiger partial charge is 0.0576 e. The molecular weight excluding hydrogens is 230 g/mol. The summed E-state index contributed by atoms with van der Waals surface area (Å²) in [7, 11) is -0.993. The highest BCUT2D eigenvalue weighted by atomic mass is 32.2. The Labute approximate surface area is 104 Å².